The number of hydrogen-bond donors (Lipinski definition) is 0. The van der Waals surface area contributed by atoms with Crippen molar-refractivity contribution >= 4 is 22.6 Å². The van der Waals surface area contributed by atoms with E-state index in [2.05, 4.69) is 25.2 Å². The molecule has 0 unspecified atom stereocenters. The maximum Gasteiger partial charge on any atom is 0.177 e. The summed E-state index contributed by atoms with van der Waals surface area (Å²) in [6.45, 7) is 4.21. The van der Waals surface area contributed by atoms with Gasteiger partial charge in [-0.2, -0.15) is 0 Å². The number of hydrogen-bond acceptors (Lipinski definition) is 1. The van der Waals surface area contributed by atoms with Gasteiger partial charge in [-0.15, -0.1) is 0 Å². The molecule has 0 aliphatic rings. The number of halogens is 1. The standard InChI is InChI=1S/C10H10ClN2/c1-7(2)13-6-12-9-5-8(11)3-4-10(9)13/h3-5,7H,1-2H3. The van der Waals surface area contributed by atoms with Gasteiger partial charge in [0.25, 0.3) is 0 Å². The average Bonchev–Trinajstić information content (AvgIpc) is 2.46. The van der Waals surface area contributed by atoms with Gasteiger partial charge in [-0.05, 0) is 32.0 Å². The molecule has 1 aromatic heterocycles. The van der Waals surface area contributed by atoms with Gasteiger partial charge in [0.1, 0.15) is 0 Å². The number of fused-ring (bicyclic) bond motifs is 1. The number of aromatic nitrogens is 2. The molecule has 1 radical (unpaired) electrons. The van der Waals surface area contributed by atoms with E-state index in [-0.39, 0.29) is 0 Å². The monoisotopic (exact) mass is 193 g/mol. The molecule has 3 heteroatoms. The largest absolute Gasteiger partial charge is 0.319 e. The summed E-state index contributed by atoms with van der Waals surface area (Å²) in [6.07, 6.45) is 2.95. The van der Waals surface area contributed by atoms with Crippen molar-refractivity contribution in [2.75, 3.05) is 0 Å². The second-order valence-electron chi connectivity index (χ2n) is 3.31. The number of rotatable bonds is 1. The first-order valence-corrected chi connectivity index (χ1v) is 4.61. The Bertz CT molecular complexity index is 431. The van der Waals surface area contributed by atoms with Crippen LogP contribution in [-0.2, 0) is 0 Å². The summed E-state index contributed by atoms with van der Waals surface area (Å²) >= 11 is 5.84. The summed E-state index contributed by atoms with van der Waals surface area (Å²) in [5.41, 5.74) is 1.99. The van der Waals surface area contributed by atoms with E-state index in [1.165, 1.54) is 0 Å². The normalized spacial score (nSPS) is 11.4. The smallest absolute Gasteiger partial charge is 0.177 e. The summed E-state index contributed by atoms with van der Waals surface area (Å²) in [5.74, 6) is 0. The molecule has 0 aliphatic heterocycles. The molecule has 2 nitrogen and oxygen atoms in total. The zero-order valence-electron chi connectivity index (χ0n) is 7.58. The molecule has 1 heterocycles. The van der Waals surface area contributed by atoms with Gasteiger partial charge in [0.05, 0.1) is 11.0 Å². The lowest BCUT2D eigenvalue weighted by molar-refractivity contribution is 0.613. The van der Waals surface area contributed by atoms with Crippen LogP contribution in [0.5, 0.6) is 0 Å². The second kappa shape index (κ2) is 3.04. The molecular weight excluding hydrogens is 184 g/mol. The third-order valence-electron chi connectivity index (χ3n) is 1.99. The molecule has 0 fully saturated rings. The molecule has 0 aliphatic carbocycles. The topological polar surface area (TPSA) is 17.8 Å². The van der Waals surface area contributed by atoms with Crippen molar-refractivity contribution in [1.82, 2.24) is 9.55 Å². The average molecular weight is 194 g/mol. The van der Waals surface area contributed by atoms with Crippen molar-refractivity contribution in [2.24, 2.45) is 0 Å². The number of imidazole rings is 1. The van der Waals surface area contributed by atoms with E-state index in [9.17, 15) is 0 Å². The summed E-state index contributed by atoms with van der Waals surface area (Å²) in [7, 11) is 0. The molecule has 0 spiro atoms. The first-order valence-electron chi connectivity index (χ1n) is 4.23. The number of nitrogens with zero attached hydrogens (tertiary/aromatic N) is 2. The second-order valence-corrected chi connectivity index (χ2v) is 3.75. The zero-order valence-corrected chi connectivity index (χ0v) is 8.34. The van der Waals surface area contributed by atoms with Crippen LogP contribution in [-0.4, -0.2) is 9.55 Å². The molecule has 0 saturated carbocycles. The van der Waals surface area contributed by atoms with Crippen LogP contribution in [0, 0.1) is 6.33 Å². The lowest BCUT2D eigenvalue weighted by atomic mass is 10.3. The van der Waals surface area contributed by atoms with Crippen LogP contribution < -0.4 is 0 Å². The third-order valence-corrected chi connectivity index (χ3v) is 2.23. The molecule has 2 rings (SSSR count). The lowest BCUT2D eigenvalue weighted by Crippen LogP contribution is -1.98. The highest BCUT2D eigenvalue weighted by Gasteiger charge is 2.05. The third kappa shape index (κ3) is 1.42. The summed E-state index contributed by atoms with van der Waals surface area (Å²) in [4.78, 5) is 4.15. The Morgan fingerprint density at radius 1 is 1.46 bits per heavy atom. The van der Waals surface area contributed by atoms with Gasteiger partial charge >= 0.3 is 0 Å². The van der Waals surface area contributed by atoms with Crippen molar-refractivity contribution in [2.45, 2.75) is 19.9 Å². The van der Waals surface area contributed by atoms with Crippen molar-refractivity contribution in [3.8, 4) is 0 Å². The highest BCUT2D eigenvalue weighted by Crippen LogP contribution is 2.20. The molecule has 0 bridgehead atoms. The molecule has 0 amide bonds. The fraction of sp³-hybridized carbons (Fsp3) is 0.300. The Kier molecular flexibility index (Phi) is 2.00. The van der Waals surface area contributed by atoms with E-state index in [4.69, 9.17) is 11.6 Å². The lowest BCUT2D eigenvalue weighted by Gasteiger charge is -2.06. The van der Waals surface area contributed by atoms with Crippen LogP contribution >= 0.6 is 11.6 Å². The quantitative estimate of drug-likeness (QED) is 0.681. The Labute approximate surface area is 82.1 Å². The minimum Gasteiger partial charge on any atom is -0.319 e. The molecular formula is C10H10ClN2. The van der Waals surface area contributed by atoms with Gasteiger partial charge in [0.2, 0.25) is 0 Å². The summed E-state index contributed by atoms with van der Waals surface area (Å²) in [6, 6.07) is 6.08. The van der Waals surface area contributed by atoms with Crippen molar-refractivity contribution in [3.63, 3.8) is 0 Å². The highest BCUT2D eigenvalue weighted by atomic mass is 35.5. The zero-order chi connectivity index (χ0) is 9.42. The maximum atomic E-state index is 5.84. The predicted octanol–water partition coefficient (Wildman–Crippen LogP) is 3.07. The Hall–Kier alpha value is -1.02. The van der Waals surface area contributed by atoms with Gasteiger partial charge in [0.15, 0.2) is 6.33 Å². The van der Waals surface area contributed by atoms with Crippen LogP contribution in [0.4, 0.5) is 0 Å². The van der Waals surface area contributed by atoms with Gasteiger partial charge < -0.3 is 4.57 Å². The molecule has 1 aromatic carbocycles. The van der Waals surface area contributed by atoms with Crippen LogP contribution in [0.25, 0.3) is 11.0 Å². The van der Waals surface area contributed by atoms with Crippen LogP contribution in [0.15, 0.2) is 18.2 Å². The molecule has 2 aromatic rings. The van der Waals surface area contributed by atoms with Gasteiger partial charge in [0, 0.05) is 11.1 Å². The molecule has 13 heavy (non-hydrogen) atoms. The molecule has 0 saturated heterocycles. The van der Waals surface area contributed by atoms with Crippen molar-refractivity contribution in [3.05, 3.63) is 29.5 Å². The highest BCUT2D eigenvalue weighted by molar-refractivity contribution is 6.31. The Morgan fingerprint density at radius 2 is 2.23 bits per heavy atom. The van der Waals surface area contributed by atoms with Crippen LogP contribution in [0.1, 0.15) is 19.9 Å². The van der Waals surface area contributed by atoms with Crippen molar-refractivity contribution < 1.29 is 0 Å². The fourth-order valence-electron chi connectivity index (χ4n) is 1.35. The van der Waals surface area contributed by atoms with E-state index in [0.717, 1.165) is 16.1 Å². The van der Waals surface area contributed by atoms with Crippen LogP contribution in [0.3, 0.4) is 0 Å². The summed E-state index contributed by atoms with van der Waals surface area (Å²) < 4.78 is 2.01. The Morgan fingerprint density at radius 3 is 2.92 bits per heavy atom. The van der Waals surface area contributed by atoms with Crippen molar-refractivity contribution in [1.29, 1.82) is 0 Å². The minimum atomic E-state index is 0.381. The molecule has 67 valence electrons. The maximum absolute atomic E-state index is 5.84. The molecule has 0 atom stereocenters. The first kappa shape index (κ1) is 8.57. The van der Waals surface area contributed by atoms with E-state index < -0.39 is 0 Å². The van der Waals surface area contributed by atoms with Gasteiger partial charge in [-0.3, -0.25) is 0 Å². The van der Waals surface area contributed by atoms with E-state index in [0.29, 0.717) is 6.04 Å². The fourth-order valence-corrected chi connectivity index (χ4v) is 1.51. The van der Waals surface area contributed by atoms with E-state index in [1.54, 1.807) is 0 Å². The van der Waals surface area contributed by atoms with Gasteiger partial charge in [-0.25, -0.2) is 4.98 Å². The van der Waals surface area contributed by atoms with E-state index >= 15 is 0 Å². The SMILES string of the molecule is CC(C)n1[c]nc2cc(Cl)ccc21. The van der Waals surface area contributed by atoms with Gasteiger partial charge in [-0.1, -0.05) is 11.6 Å². The summed E-state index contributed by atoms with van der Waals surface area (Å²) in [5, 5.41) is 0.718. The Balaban J connectivity index is 2.69. The van der Waals surface area contributed by atoms with E-state index in [1.807, 2.05) is 22.8 Å². The predicted molar refractivity (Wildman–Crippen MR) is 54.0 cm³/mol. The minimum absolute atomic E-state index is 0.381. The van der Waals surface area contributed by atoms with Crippen LogP contribution in [0.2, 0.25) is 5.02 Å². The number of benzene rings is 1. The molecule has 0 N–H and O–H groups in total. The first-order chi connectivity index (χ1) is 6.18.